The molecule has 2 aliphatic rings. The minimum absolute atomic E-state index is 0.710. The maximum absolute atomic E-state index is 10.3. The van der Waals surface area contributed by atoms with E-state index in [0.717, 1.165) is 24.1 Å². The van der Waals surface area contributed by atoms with Crippen LogP contribution in [0.2, 0.25) is 0 Å². The highest BCUT2D eigenvalue weighted by Gasteiger charge is 2.31. The fraction of sp³-hybridized carbons (Fsp3) is 0.182. The molecule has 0 amide bonds. The third-order valence-electron chi connectivity index (χ3n) is 4.94. The molecule has 1 fully saturated rings. The zero-order valence-corrected chi connectivity index (χ0v) is 15.5. The van der Waals surface area contributed by atoms with E-state index in [0.29, 0.717) is 13.2 Å². The van der Waals surface area contributed by atoms with Gasteiger partial charge in [-0.2, -0.15) is 5.26 Å². The lowest BCUT2D eigenvalue weighted by atomic mass is 10.2. The first-order valence-electron chi connectivity index (χ1n) is 8.86. The highest BCUT2D eigenvalue weighted by Crippen LogP contribution is 2.51. The second kappa shape index (κ2) is 7.38. The third kappa shape index (κ3) is 2.82. The monoisotopic (exact) mass is 360 g/mol. The molecule has 0 aliphatic carbocycles. The Labute approximate surface area is 154 Å². The fourth-order valence-electron chi connectivity index (χ4n) is 3.70. The standard InChI is InChI=1S/C22H21N2OP/c23-18-22-21(24-13-15-25-16-14-24)12-7-17-26(22,19-8-3-1-4-9-19)20-10-5-2-6-11-20/h1-12,17H,13-16H2. The molecule has 2 aliphatic heterocycles. The minimum Gasteiger partial charge on any atom is -0.378 e. The molecule has 2 heterocycles. The molecule has 0 aromatic heterocycles. The average Bonchev–Trinajstić information content (AvgIpc) is 2.75. The number of rotatable bonds is 3. The lowest BCUT2D eigenvalue weighted by Gasteiger charge is -2.36. The zero-order chi connectivity index (χ0) is 17.8. The van der Waals surface area contributed by atoms with Gasteiger partial charge in [0.2, 0.25) is 0 Å². The van der Waals surface area contributed by atoms with Gasteiger partial charge >= 0.3 is 0 Å². The van der Waals surface area contributed by atoms with Gasteiger partial charge in [0, 0.05) is 13.1 Å². The summed E-state index contributed by atoms with van der Waals surface area (Å²) in [5.41, 5.74) is 1.05. The number of nitrogens with zero attached hydrogens (tertiary/aromatic N) is 2. The highest BCUT2D eigenvalue weighted by atomic mass is 31.2. The largest absolute Gasteiger partial charge is 0.378 e. The van der Waals surface area contributed by atoms with E-state index in [9.17, 15) is 5.26 Å². The van der Waals surface area contributed by atoms with Crippen molar-refractivity contribution in [1.29, 1.82) is 5.26 Å². The number of morpholine rings is 1. The number of allylic oxidation sites excluding steroid dienone is 3. The molecule has 2 aromatic rings. The van der Waals surface area contributed by atoms with E-state index >= 15 is 0 Å². The summed E-state index contributed by atoms with van der Waals surface area (Å²) >= 11 is 0. The highest BCUT2D eigenvalue weighted by molar-refractivity contribution is 7.92. The molecular formula is C22H21N2OP. The Morgan fingerprint density at radius 2 is 1.46 bits per heavy atom. The molecular weight excluding hydrogens is 339 g/mol. The molecule has 0 bridgehead atoms. The van der Waals surface area contributed by atoms with Crippen LogP contribution in [0.25, 0.3) is 0 Å². The molecule has 2 aromatic carbocycles. The van der Waals surface area contributed by atoms with Crippen molar-refractivity contribution in [3.63, 3.8) is 0 Å². The lowest BCUT2D eigenvalue weighted by Crippen LogP contribution is -2.39. The molecule has 130 valence electrons. The number of nitriles is 1. The molecule has 0 atom stereocenters. The quantitative estimate of drug-likeness (QED) is 0.790. The summed E-state index contributed by atoms with van der Waals surface area (Å²) in [6.07, 6.45) is 4.23. The number of hydrogen-bond donors (Lipinski definition) is 0. The van der Waals surface area contributed by atoms with E-state index in [-0.39, 0.29) is 0 Å². The Morgan fingerprint density at radius 1 is 0.885 bits per heavy atom. The van der Waals surface area contributed by atoms with Gasteiger partial charge in [-0.25, -0.2) is 0 Å². The van der Waals surface area contributed by atoms with Crippen LogP contribution in [0.5, 0.6) is 0 Å². The van der Waals surface area contributed by atoms with Gasteiger partial charge < -0.3 is 9.64 Å². The first-order valence-corrected chi connectivity index (χ1v) is 10.7. The summed E-state index contributed by atoms with van der Waals surface area (Å²) in [6, 6.07) is 23.6. The zero-order valence-electron chi connectivity index (χ0n) is 14.6. The second-order valence-corrected chi connectivity index (χ2v) is 9.57. The van der Waals surface area contributed by atoms with Crippen molar-refractivity contribution >= 4 is 22.8 Å². The maximum atomic E-state index is 10.3. The van der Waals surface area contributed by atoms with Gasteiger partial charge in [0.25, 0.3) is 0 Å². The van der Waals surface area contributed by atoms with E-state index in [4.69, 9.17) is 4.74 Å². The van der Waals surface area contributed by atoms with Crippen molar-refractivity contribution in [3.8, 4) is 6.07 Å². The van der Waals surface area contributed by atoms with Crippen LogP contribution in [-0.4, -0.2) is 36.5 Å². The predicted octanol–water partition coefficient (Wildman–Crippen LogP) is 3.09. The molecule has 4 heteroatoms. The number of benzene rings is 2. The summed E-state index contributed by atoms with van der Waals surface area (Å²) in [5.74, 6) is 2.26. The Kier molecular flexibility index (Phi) is 4.80. The summed E-state index contributed by atoms with van der Waals surface area (Å²) in [5, 5.41) is 13.6. The predicted molar refractivity (Wildman–Crippen MR) is 109 cm³/mol. The van der Waals surface area contributed by atoms with Gasteiger partial charge in [-0.1, -0.05) is 72.6 Å². The van der Waals surface area contributed by atoms with E-state index in [2.05, 4.69) is 77.5 Å². The van der Waals surface area contributed by atoms with Crippen LogP contribution in [0.15, 0.2) is 84.3 Å². The van der Waals surface area contributed by atoms with Crippen LogP contribution < -0.4 is 10.6 Å². The molecule has 0 unspecified atom stereocenters. The van der Waals surface area contributed by atoms with E-state index < -0.39 is 6.89 Å². The van der Waals surface area contributed by atoms with Crippen molar-refractivity contribution in [2.45, 2.75) is 0 Å². The minimum atomic E-state index is -2.10. The van der Waals surface area contributed by atoms with Gasteiger partial charge in [-0.15, -0.1) is 0 Å². The first-order chi connectivity index (χ1) is 12.9. The lowest BCUT2D eigenvalue weighted by molar-refractivity contribution is 0.0566. The van der Waals surface area contributed by atoms with Gasteiger partial charge in [-0.05, 0) is 23.6 Å². The normalized spacial score (nSPS) is 19.0. The summed E-state index contributed by atoms with van der Waals surface area (Å²) in [7, 11) is 0. The Bertz CT molecular complexity index is 890. The van der Waals surface area contributed by atoms with Gasteiger partial charge in [0.1, 0.15) is 6.07 Å². The Hall–Kier alpha value is -2.53. The van der Waals surface area contributed by atoms with E-state index in [1.165, 1.54) is 10.6 Å². The van der Waals surface area contributed by atoms with Crippen molar-refractivity contribution < 1.29 is 4.74 Å². The maximum Gasteiger partial charge on any atom is 0.102 e. The van der Waals surface area contributed by atoms with Crippen LogP contribution in [0.1, 0.15) is 0 Å². The van der Waals surface area contributed by atoms with Crippen LogP contribution in [0.3, 0.4) is 0 Å². The fourth-order valence-corrected chi connectivity index (χ4v) is 7.37. The van der Waals surface area contributed by atoms with Crippen LogP contribution in [0.4, 0.5) is 0 Å². The van der Waals surface area contributed by atoms with Gasteiger partial charge in [0.15, 0.2) is 0 Å². The van der Waals surface area contributed by atoms with E-state index in [1.54, 1.807) is 0 Å². The Morgan fingerprint density at radius 3 is 2.00 bits per heavy atom. The Balaban J connectivity index is 2.01. The summed E-state index contributed by atoms with van der Waals surface area (Å²) in [4.78, 5) is 2.30. The molecule has 3 nitrogen and oxygen atoms in total. The molecule has 0 saturated carbocycles. The van der Waals surface area contributed by atoms with Crippen LogP contribution in [0, 0.1) is 11.3 Å². The molecule has 0 N–H and O–H groups in total. The van der Waals surface area contributed by atoms with Gasteiger partial charge in [-0.3, -0.25) is 0 Å². The summed E-state index contributed by atoms with van der Waals surface area (Å²) < 4.78 is 5.51. The second-order valence-electron chi connectivity index (χ2n) is 6.35. The molecule has 1 saturated heterocycles. The average molecular weight is 360 g/mol. The van der Waals surface area contributed by atoms with Crippen LogP contribution >= 0.6 is 6.89 Å². The SMILES string of the molecule is N#CC1=P(c2ccccc2)(c2ccccc2)C=CC=C1N1CCOCC1. The smallest absolute Gasteiger partial charge is 0.102 e. The first kappa shape index (κ1) is 16.9. The molecule has 26 heavy (non-hydrogen) atoms. The molecule has 0 radical (unpaired) electrons. The van der Waals surface area contributed by atoms with Crippen molar-refractivity contribution in [3.05, 3.63) is 84.3 Å². The summed E-state index contributed by atoms with van der Waals surface area (Å²) in [6.45, 7) is 0.972. The number of hydrogen-bond acceptors (Lipinski definition) is 3. The third-order valence-corrected chi connectivity index (χ3v) is 8.82. The van der Waals surface area contributed by atoms with Crippen molar-refractivity contribution in [2.75, 3.05) is 26.3 Å². The number of ether oxygens (including phenoxy) is 1. The molecule has 0 spiro atoms. The van der Waals surface area contributed by atoms with Crippen LogP contribution in [-0.2, 0) is 4.74 Å². The van der Waals surface area contributed by atoms with Gasteiger partial charge in [0.05, 0.1) is 24.2 Å². The van der Waals surface area contributed by atoms with E-state index in [1.807, 2.05) is 12.1 Å². The topological polar surface area (TPSA) is 36.3 Å². The van der Waals surface area contributed by atoms with Crippen molar-refractivity contribution in [2.24, 2.45) is 0 Å². The molecule has 4 rings (SSSR count). The van der Waals surface area contributed by atoms with Crippen molar-refractivity contribution in [1.82, 2.24) is 4.90 Å².